The highest BCUT2D eigenvalue weighted by Crippen LogP contribution is 2.21. The first-order valence-electron chi connectivity index (χ1n) is 5.76. The summed E-state index contributed by atoms with van der Waals surface area (Å²) in [7, 11) is 0. The molecule has 17 heavy (non-hydrogen) atoms. The third-order valence-electron chi connectivity index (χ3n) is 3.03. The molecule has 0 saturated carbocycles. The van der Waals surface area contributed by atoms with E-state index >= 15 is 0 Å². The van der Waals surface area contributed by atoms with Crippen molar-refractivity contribution in [1.29, 1.82) is 0 Å². The van der Waals surface area contributed by atoms with Crippen LogP contribution in [0, 0.1) is 5.92 Å². The summed E-state index contributed by atoms with van der Waals surface area (Å²) in [4.78, 5) is 23.8. The summed E-state index contributed by atoms with van der Waals surface area (Å²) < 4.78 is 0. The van der Waals surface area contributed by atoms with Crippen LogP contribution in [0.25, 0.3) is 0 Å². The normalized spacial score (nSPS) is 19.1. The number of aliphatic hydroxyl groups is 1. The molecule has 1 atom stereocenters. The Morgan fingerprint density at radius 1 is 1.35 bits per heavy atom. The van der Waals surface area contributed by atoms with Crippen molar-refractivity contribution in [1.82, 2.24) is 4.90 Å². The molecular weight excluding hydrogens is 242 g/mol. The molecule has 1 rings (SSSR count). The molecule has 0 aromatic heterocycles. The molecule has 0 spiro atoms. The summed E-state index contributed by atoms with van der Waals surface area (Å²) in [5.74, 6) is -0.414. The second-order valence-corrected chi connectivity index (χ2v) is 5.33. The van der Waals surface area contributed by atoms with Crippen LogP contribution in [0.5, 0.6) is 0 Å². The predicted molar refractivity (Wildman–Crippen MR) is 65.9 cm³/mol. The van der Waals surface area contributed by atoms with Crippen molar-refractivity contribution in [3.05, 3.63) is 0 Å². The van der Waals surface area contributed by atoms with Gasteiger partial charge in [-0.2, -0.15) is 0 Å². The van der Waals surface area contributed by atoms with Gasteiger partial charge in [-0.15, -0.1) is 11.8 Å². The van der Waals surface area contributed by atoms with Gasteiger partial charge in [0, 0.05) is 13.1 Å². The van der Waals surface area contributed by atoms with Gasteiger partial charge in [-0.1, -0.05) is 0 Å². The lowest BCUT2D eigenvalue weighted by Crippen LogP contribution is -2.41. The molecule has 1 saturated heterocycles. The molecule has 2 N–H and O–H groups in total. The van der Waals surface area contributed by atoms with E-state index in [4.69, 9.17) is 5.11 Å². The van der Waals surface area contributed by atoms with Crippen molar-refractivity contribution in [3.63, 3.8) is 0 Å². The zero-order valence-corrected chi connectivity index (χ0v) is 10.8. The lowest BCUT2D eigenvalue weighted by atomic mass is 9.92. The predicted octanol–water partition coefficient (Wildman–Crippen LogP) is 0.424. The quantitative estimate of drug-likeness (QED) is 0.750. The number of rotatable bonds is 5. The molecule has 1 aliphatic heterocycles. The Morgan fingerprint density at radius 3 is 2.41 bits per heavy atom. The Bertz CT molecular complexity index is 275. The van der Waals surface area contributed by atoms with Crippen LogP contribution in [0.1, 0.15) is 19.8 Å². The van der Waals surface area contributed by atoms with Gasteiger partial charge in [0.2, 0.25) is 5.91 Å². The van der Waals surface area contributed by atoms with Gasteiger partial charge in [-0.25, -0.2) is 0 Å². The maximum atomic E-state index is 11.7. The van der Waals surface area contributed by atoms with Crippen molar-refractivity contribution in [2.24, 2.45) is 5.92 Å². The van der Waals surface area contributed by atoms with Crippen LogP contribution in [-0.4, -0.2) is 57.7 Å². The summed E-state index contributed by atoms with van der Waals surface area (Å²) in [6.07, 6.45) is 1.34. The van der Waals surface area contributed by atoms with E-state index in [1.165, 1.54) is 0 Å². The Kier molecular flexibility index (Phi) is 5.77. The molecule has 1 unspecified atom stereocenters. The number of carbonyl (C=O) groups is 2. The first-order chi connectivity index (χ1) is 8.00. The molecule has 6 heteroatoms. The van der Waals surface area contributed by atoms with Crippen molar-refractivity contribution in [2.45, 2.75) is 25.9 Å². The van der Waals surface area contributed by atoms with E-state index in [2.05, 4.69) is 0 Å². The van der Waals surface area contributed by atoms with Crippen LogP contribution >= 0.6 is 11.8 Å². The van der Waals surface area contributed by atoms with Gasteiger partial charge in [0.05, 0.1) is 17.6 Å². The van der Waals surface area contributed by atoms with Gasteiger partial charge in [0.1, 0.15) is 0 Å². The third-order valence-corrected chi connectivity index (χ3v) is 3.93. The fraction of sp³-hybridized carbons (Fsp3) is 0.818. The SMILES string of the molecule is CC(O)C1CCN(C(=O)CSCC(=O)O)CC1. The van der Waals surface area contributed by atoms with Gasteiger partial charge in [-0.3, -0.25) is 9.59 Å². The van der Waals surface area contributed by atoms with Gasteiger partial charge < -0.3 is 15.1 Å². The fourth-order valence-corrected chi connectivity index (χ4v) is 2.58. The fourth-order valence-electron chi connectivity index (χ4n) is 1.95. The summed E-state index contributed by atoms with van der Waals surface area (Å²) in [5, 5.41) is 17.9. The lowest BCUT2D eigenvalue weighted by Gasteiger charge is -2.33. The van der Waals surface area contributed by atoms with Crippen molar-refractivity contribution < 1.29 is 19.8 Å². The summed E-state index contributed by atoms with van der Waals surface area (Å²) in [5.41, 5.74) is 0. The molecule has 5 nitrogen and oxygen atoms in total. The molecule has 0 aromatic carbocycles. The Balaban J connectivity index is 2.24. The van der Waals surface area contributed by atoms with Crippen LogP contribution in [0.15, 0.2) is 0 Å². The molecule has 1 fully saturated rings. The highest BCUT2D eigenvalue weighted by Gasteiger charge is 2.25. The molecule has 0 aliphatic carbocycles. The van der Waals surface area contributed by atoms with E-state index in [9.17, 15) is 14.7 Å². The number of nitrogens with zero attached hydrogens (tertiary/aromatic N) is 1. The first-order valence-corrected chi connectivity index (χ1v) is 6.91. The Morgan fingerprint density at radius 2 is 1.94 bits per heavy atom. The van der Waals surface area contributed by atoms with Crippen molar-refractivity contribution in [3.8, 4) is 0 Å². The summed E-state index contributed by atoms with van der Waals surface area (Å²) >= 11 is 1.13. The lowest BCUT2D eigenvalue weighted by molar-refractivity contribution is -0.133. The molecule has 1 amide bonds. The molecule has 0 bridgehead atoms. The largest absolute Gasteiger partial charge is 0.481 e. The minimum absolute atomic E-state index is 0.000271. The third kappa shape index (κ3) is 4.95. The van der Waals surface area contributed by atoms with Crippen LogP contribution in [0.4, 0.5) is 0 Å². The number of carbonyl (C=O) groups excluding carboxylic acids is 1. The van der Waals surface area contributed by atoms with E-state index < -0.39 is 5.97 Å². The van der Waals surface area contributed by atoms with Gasteiger partial charge in [-0.05, 0) is 25.7 Å². The zero-order chi connectivity index (χ0) is 12.8. The number of carboxylic acid groups (broad SMARTS) is 1. The minimum Gasteiger partial charge on any atom is -0.481 e. The van der Waals surface area contributed by atoms with Crippen LogP contribution in [0.2, 0.25) is 0 Å². The van der Waals surface area contributed by atoms with Gasteiger partial charge >= 0.3 is 5.97 Å². The maximum absolute atomic E-state index is 11.7. The van der Waals surface area contributed by atoms with E-state index in [1.54, 1.807) is 11.8 Å². The molecule has 1 heterocycles. The monoisotopic (exact) mass is 261 g/mol. The zero-order valence-electron chi connectivity index (χ0n) is 9.96. The minimum atomic E-state index is -0.893. The standard InChI is InChI=1S/C11H19NO4S/c1-8(13)9-2-4-12(5-3-9)10(14)6-17-7-11(15)16/h8-9,13H,2-7H2,1H3,(H,15,16). The van der Waals surface area contributed by atoms with Crippen LogP contribution in [0.3, 0.4) is 0 Å². The number of aliphatic carboxylic acids is 1. The van der Waals surface area contributed by atoms with Gasteiger partial charge in [0.15, 0.2) is 0 Å². The number of carboxylic acids is 1. The molecule has 0 radical (unpaired) electrons. The number of thioether (sulfide) groups is 1. The number of likely N-dealkylation sites (tertiary alicyclic amines) is 1. The Hall–Kier alpha value is -0.750. The van der Waals surface area contributed by atoms with Crippen LogP contribution in [-0.2, 0) is 9.59 Å². The number of amides is 1. The number of hydrogen-bond acceptors (Lipinski definition) is 4. The van der Waals surface area contributed by atoms with E-state index in [-0.39, 0.29) is 29.4 Å². The van der Waals surface area contributed by atoms with Crippen LogP contribution < -0.4 is 0 Å². The average molecular weight is 261 g/mol. The number of aliphatic hydroxyl groups excluding tert-OH is 1. The Labute approximate surface area is 105 Å². The maximum Gasteiger partial charge on any atom is 0.313 e. The second kappa shape index (κ2) is 6.86. The van der Waals surface area contributed by atoms with E-state index in [0.29, 0.717) is 13.1 Å². The first kappa shape index (κ1) is 14.3. The van der Waals surface area contributed by atoms with Crippen molar-refractivity contribution >= 4 is 23.6 Å². The van der Waals surface area contributed by atoms with E-state index in [1.807, 2.05) is 0 Å². The highest BCUT2D eigenvalue weighted by atomic mass is 32.2. The highest BCUT2D eigenvalue weighted by molar-refractivity contribution is 8.00. The molecule has 0 aromatic rings. The number of piperidine rings is 1. The summed E-state index contributed by atoms with van der Waals surface area (Å²) in [6.45, 7) is 3.12. The molecule has 98 valence electrons. The smallest absolute Gasteiger partial charge is 0.313 e. The van der Waals surface area contributed by atoms with Gasteiger partial charge in [0.25, 0.3) is 0 Å². The van der Waals surface area contributed by atoms with E-state index in [0.717, 1.165) is 24.6 Å². The molecular formula is C11H19NO4S. The average Bonchev–Trinajstić information content (AvgIpc) is 2.28. The second-order valence-electron chi connectivity index (χ2n) is 4.35. The molecule has 1 aliphatic rings. The topological polar surface area (TPSA) is 77.8 Å². The summed E-state index contributed by atoms with van der Waals surface area (Å²) in [6, 6.07) is 0. The van der Waals surface area contributed by atoms with Crippen molar-refractivity contribution in [2.75, 3.05) is 24.6 Å². The number of hydrogen-bond donors (Lipinski definition) is 2.